The summed E-state index contributed by atoms with van der Waals surface area (Å²) >= 11 is 0. The summed E-state index contributed by atoms with van der Waals surface area (Å²) in [5.41, 5.74) is 0.914. The van der Waals surface area contributed by atoms with E-state index in [0.29, 0.717) is 16.9 Å². The van der Waals surface area contributed by atoms with Crippen LogP contribution in [-0.4, -0.2) is 23.5 Å². The highest BCUT2D eigenvalue weighted by molar-refractivity contribution is 5.75. The van der Waals surface area contributed by atoms with Gasteiger partial charge >= 0.3 is 5.69 Å². The van der Waals surface area contributed by atoms with Crippen molar-refractivity contribution in [3.63, 3.8) is 0 Å². The molecule has 3 aromatic rings. The van der Waals surface area contributed by atoms with Crippen LogP contribution in [0.1, 0.15) is 5.69 Å². The van der Waals surface area contributed by atoms with Gasteiger partial charge in [-0.25, -0.2) is 4.79 Å². The van der Waals surface area contributed by atoms with Crippen molar-refractivity contribution in [2.45, 2.75) is 13.5 Å². The Hall–Kier alpha value is -2.57. The van der Waals surface area contributed by atoms with Gasteiger partial charge in [0, 0.05) is 25.5 Å². The van der Waals surface area contributed by atoms with Crippen LogP contribution in [-0.2, 0) is 13.6 Å². The zero-order valence-electron chi connectivity index (χ0n) is 10.7. The van der Waals surface area contributed by atoms with Crippen molar-refractivity contribution in [1.82, 2.24) is 23.5 Å². The molecule has 0 aliphatic carbocycles. The summed E-state index contributed by atoms with van der Waals surface area (Å²) in [5, 5.41) is 0. The zero-order valence-corrected chi connectivity index (χ0v) is 10.7. The molecule has 0 fully saturated rings. The molecule has 3 rings (SSSR count). The van der Waals surface area contributed by atoms with Crippen LogP contribution < -0.4 is 11.2 Å². The summed E-state index contributed by atoms with van der Waals surface area (Å²) in [4.78, 5) is 31.8. The largest absolute Gasteiger partial charge is 0.332 e. The number of nitrogens with zero attached hydrogens (tertiary/aromatic N) is 4. The maximum atomic E-state index is 12.4. The van der Waals surface area contributed by atoms with Crippen LogP contribution >= 0.6 is 0 Å². The molecule has 98 valence electrons. The number of nitrogens with one attached hydrogen (secondary N) is 1. The van der Waals surface area contributed by atoms with Crippen LogP contribution in [0.4, 0.5) is 0 Å². The van der Waals surface area contributed by atoms with Crippen molar-refractivity contribution in [2.24, 2.45) is 7.05 Å². The Kier molecular flexibility index (Phi) is 2.25. The van der Waals surface area contributed by atoms with E-state index in [1.165, 1.54) is 10.6 Å². The van der Waals surface area contributed by atoms with Crippen LogP contribution in [0.25, 0.3) is 16.9 Å². The molecule has 0 aromatic carbocycles. The molecule has 0 unspecified atom stereocenters. The lowest BCUT2D eigenvalue weighted by molar-refractivity contribution is 0.667. The van der Waals surface area contributed by atoms with Crippen molar-refractivity contribution in [3.8, 4) is 0 Å². The lowest BCUT2D eigenvalue weighted by Crippen LogP contribution is -2.39. The molecule has 1 N–H and O–H groups in total. The minimum absolute atomic E-state index is 0.179. The molecule has 3 heterocycles. The standard InChI is InChI=1S/C12H13N5O2/c1-4-5-16-10(18)8-9(15(3)12(16)19)14-11-13-7(2)6-17(8)11/h4,6H,1,5H2,2-3H3,(H,13,14). The average molecular weight is 259 g/mol. The Morgan fingerprint density at radius 2 is 2.21 bits per heavy atom. The number of hydrogen-bond acceptors (Lipinski definition) is 3. The smallest absolute Gasteiger partial charge is 0.328 e. The van der Waals surface area contributed by atoms with Crippen molar-refractivity contribution < 1.29 is 0 Å². The summed E-state index contributed by atoms with van der Waals surface area (Å²) in [6.07, 6.45) is 3.31. The quantitative estimate of drug-likeness (QED) is 0.666. The maximum absolute atomic E-state index is 12.4. The Labute approximate surface area is 107 Å². The SMILES string of the molecule is C=CCn1c(=O)c2c(nc3[nH]c(C)cn32)n(C)c1=O. The van der Waals surface area contributed by atoms with E-state index in [-0.39, 0.29) is 12.1 Å². The van der Waals surface area contributed by atoms with E-state index < -0.39 is 5.69 Å². The van der Waals surface area contributed by atoms with Crippen LogP contribution in [0.2, 0.25) is 0 Å². The number of aromatic nitrogens is 5. The number of H-pyrrole nitrogens is 1. The molecule has 3 aromatic heterocycles. The Morgan fingerprint density at radius 3 is 2.89 bits per heavy atom. The fourth-order valence-corrected chi connectivity index (χ4v) is 2.25. The summed E-state index contributed by atoms with van der Waals surface area (Å²) in [7, 11) is 1.60. The summed E-state index contributed by atoms with van der Waals surface area (Å²) in [6, 6.07) is 0. The van der Waals surface area contributed by atoms with Crippen molar-refractivity contribution in [1.29, 1.82) is 0 Å². The predicted octanol–water partition coefficient (Wildman–Crippen LogP) is 0.170. The van der Waals surface area contributed by atoms with E-state index in [1.54, 1.807) is 17.6 Å². The Bertz CT molecular complexity index is 922. The first-order valence-corrected chi connectivity index (χ1v) is 5.82. The second-order valence-corrected chi connectivity index (χ2v) is 4.46. The fraction of sp³-hybridized carbons (Fsp3) is 0.250. The molecule has 0 radical (unpaired) electrons. The Morgan fingerprint density at radius 1 is 1.47 bits per heavy atom. The van der Waals surface area contributed by atoms with Gasteiger partial charge in [0.2, 0.25) is 5.78 Å². The van der Waals surface area contributed by atoms with Gasteiger partial charge in [-0.15, -0.1) is 6.58 Å². The molecule has 0 aliphatic rings. The number of hydrogen-bond donors (Lipinski definition) is 1. The first kappa shape index (κ1) is 11.5. The topological polar surface area (TPSA) is 77.1 Å². The number of aromatic amines is 1. The number of rotatable bonds is 2. The van der Waals surface area contributed by atoms with E-state index in [0.717, 1.165) is 10.3 Å². The van der Waals surface area contributed by atoms with Crippen LogP contribution in [0.15, 0.2) is 28.4 Å². The highest BCUT2D eigenvalue weighted by Gasteiger charge is 2.16. The van der Waals surface area contributed by atoms with Crippen LogP contribution in [0.5, 0.6) is 0 Å². The van der Waals surface area contributed by atoms with Gasteiger partial charge in [0.1, 0.15) is 0 Å². The molecular weight excluding hydrogens is 246 g/mol. The van der Waals surface area contributed by atoms with Gasteiger partial charge in [-0.2, -0.15) is 4.98 Å². The second-order valence-electron chi connectivity index (χ2n) is 4.46. The molecule has 19 heavy (non-hydrogen) atoms. The third-order valence-corrected chi connectivity index (χ3v) is 3.12. The first-order valence-electron chi connectivity index (χ1n) is 5.82. The van der Waals surface area contributed by atoms with Gasteiger partial charge in [0.25, 0.3) is 5.56 Å². The van der Waals surface area contributed by atoms with Crippen LogP contribution in [0, 0.1) is 6.92 Å². The number of allylic oxidation sites excluding steroid dienone is 1. The first-order chi connectivity index (χ1) is 9.04. The maximum Gasteiger partial charge on any atom is 0.332 e. The van der Waals surface area contributed by atoms with Gasteiger partial charge < -0.3 is 4.98 Å². The van der Waals surface area contributed by atoms with Crippen LogP contribution in [0.3, 0.4) is 0 Å². The van der Waals surface area contributed by atoms with E-state index in [1.807, 2.05) is 6.92 Å². The van der Waals surface area contributed by atoms with Gasteiger partial charge in [-0.05, 0) is 6.92 Å². The molecule has 0 spiro atoms. The van der Waals surface area contributed by atoms with Gasteiger partial charge in [-0.1, -0.05) is 6.08 Å². The van der Waals surface area contributed by atoms with Gasteiger partial charge in [-0.3, -0.25) is 18.3 Å². The van der Waals surface area contributed by atoms with Crippen molar-refractivity contribution in [2.75, 3.05) is 0 Å². The lowest BCUT2D eigenvalue weighted by Gasteiger charge is -2.05. The molecule has 0 bridgehead atoms. The van der Waals surface area contributed by atoms with E-state index in [2.05, 4.69) is 16.5 Å². The molecule has 0 saturated carbocycles. The van der Waals surface area contributed by atoms with Crippen molar-refractivity contribution in [3.05, 3.63) is 45.4 Å². The number of imidazole rings is 2. The highest BCUT2D eigenvalue weighted by atomic mass is 16.2. The van der Waals surface area contributed by atoms with E-state index in [4.69, 9.17) is 0 Å². The summed E-state index contributed by atoms with van der Waals surface area (Å²) < 4.78 is 4.19. The monoisotopic (exact) mass is 259 g/mol. The normalized spacial score (nSPS) is 11.5. The lowest BCUT2D eigenvalue weighted by atomic mass is 10.4. The summed E-state index contributed by atoms with van der Waals surface area (Å²) in [6.45, 7) is 5.62. The van der Waals surface area contributed by atoms with E-state index >= 15 is 0 Å². The number of aryl methyl sites for hydroxylation is 2. The van der Waals surface area contributed by atoms with E-state index in [9.17, 15) is 9.59 Å². The predicted molar refractivity (Wildman–Crippen MR) is 71.5 cm³/mol. The molecule has 0 amide bonds. The molecule has 7 nitrogen and oxygen atoms in total. The average Bonchev–Trinajstić information content (AvgIpc) is 2.87. The van der Waals surface area contributed by atoms with Crippen molar-refractivity contribution >= 4 is 16.9 Å². The molecule has 0 saturated heterocycles. The summed E-state index contributed by atoms with van der Waals surface area (Å²) in [5.74, 6) is 0.552. The number of fused-ring (bicyclic) bond motifs is 3. The second kappa shape index (κ2) is 3.71. The highest BCUT2D eigenvalue weighted by Crippen LogP contribution is 2.11. The third-order valence-electron chi connectivity index (χ3n) is 3.12. The Balaban J connectivity index is 2.60. The molecule has 0 aliphatic heterocycles. The molecule has 7 heteroatoms. The van der Waals surface area contributed by atoms with Gasteiger partial charge in [0.05, 0.1) is 0 Å². The minimum atomic E-state index is -0.394. The fourth-order valence-electron chi connectivity index (χ4n) is 2.25. The third kappa shape index (κ3) is 1.41. The van der Waals surface area contributed by atoms with Gasteiger partial charge in [0.15, 0.2) is 11.2 Å². The molecule has 0 atom stereocenters. The minimum Gasteiger partial charge on any atom is -0.328 e. The molecular formula is C12H13N5O2. The zero-order chi connectivity index (χ0) is 13.7.